The van der Waals surface area contributed by atoms with Crippen molar-refractivity contribution >= 4 is 32.3 Å². The summed E-state index contributed by atoms with van der Waals surface area (Å²) in [7, 11) is 0. The van der Waals surface area contributed by atoms with Gasteiger partial charge in [-0.05, 0) is 92.5 Å². The third-order valence-electron chi connectivity index (χ3n) is 7.93. The summed E-state index contributed by atoms with van der Waals surface area (Å²) in [6.45, 7) is 0.763. The molecule has 0 spiro atoms. The smallest absolute Gasteiger partial charge is 0.119 e. The molecule has 0 bridgehead atoms. The first-order chi connectivity index (χ1) is 19.3. The molecule has 0 saturated heterocycles. The molecule has 6 aromatic carbocycles. The lowest BCUT2D eigenvalue weighted by Gasteiger charge is -2.14. The van der Waals surface area contributed by atoms with Crippen LogP contribution < -0.4 is 4.74 Å². The fourth-order valence-corrected chi connectivity index (χ4v) is 5.81. The van der Waals surface area contributed by atoms with E-state index in [-0.39, 0.29) is 0 Å². The van der Waals surface area contributed by atoms with Gasteiger partial charge in [-0.2, -0.15) is 5.26 Å². The minimum Gasteiger partial charge on any atom is -0.494 e. The molecule has 0 amide bonds. The van der Waals surface area contributed by atoms with Crippen molar-refractivity contribution in [1.29, 1.82) is 5.26 Å². The van der Waals surface area contributed by atoms with Gasteiger partial charge < -0.3 is 4.74 Å². The number of ether oxygens (including phenoxy) is 1. The average Bonchev–Trinajstić information content (AvgIpc) is 3.00. The fraction of sp³-hybridized carbons (Fsp3) is 0.216. The van der Waals surface area contributed by atoms with Gasteiger partial charge in [-0.1, -0.05) is 105 Å². The van der Waals surface area contributed by atoms with Gasteiger partial charge in [0.05, 0.1) is 18.2 Å². The Balaban J connectivity index is 0.922. The number of hydrogen-bond donors (Lipinski definition) is 0. The minimum absolute atomic E-state index is 0.683. The van der Waals surface area contributed by atoms with Crippen LogP contribution in [0.3, 0.4) is 0 Å². The molecule has 0 aromatic heterocycles. The van der Waals surface area contributed by atoms with E-state index in [1.165, 1.54) is 70.0 Å². The molecule has 6 rings (SSSR count). The molecule has 0 aliphatic rings. The minimum atomic E-state index is 0.683. The quantitative estimate of drug-likeness (QED) is 0.129. The zero-order chi connectivity index (χ0) is 26.4. The van der Waals surface area contributed by atoms with Gasteiger partial charge in [0.25, 0.3) is 0 Å². The predicted octanol–water partition coefficient (Wildman–Crippen LogP) is 10.1. The Labute approximate surface area is 230 Å². The molecule has 6 aromatic rings. The van der Waals surface area contributed by atoms with Crippen LogP contribution in [0.4, 0.5) is 0 Å². The Bertz CT molecular complexity index is 1710. The van der Waals surface area contributed by atoms with Crippen LogP contribution in [-0.2, 0) is 6.42 Å². The molecule has 0 N–H and O–H groups in total. The third kappa shape index (κ3) is 5.45. The summed E-state index contributed by atoms with van der Waals surface area (Å²) in [5, 5.41) is 17.3. The van der Waals surface area contributed by atoms with Gasteiger partial charge in [-0.15, -0.1) is 0 Å². The van der Waals surface area contributed by atoms with E-state index in [1.54, 1.807) is 0 Å². The summed E-state index contributed by atoms with van der Waals surface area (Å²) in [6, 6.07) is 38.5. The van der Waals surface area contributed by atoms with Crippen LogP contribution in [0.2, 0.25) is 0 Å². The van der Waals surface area contributed by atoms with Crippen molar-refractivity contribution in [2.45, 2.75) is 44.9 Å². The molecule has 0 atom stereocenters. The Morgan fingerprint density at radius 2 is 1.13 bits per heavy atom. The lowest BCUT2D eigenvalue weighted by Crippen LogP contribution is -1.97. The van der Waals surface area contributed by atoms with Crippen molar-refractivity contribution < 1.29 is 4.74 Å². The Hall–Kier alpha value is -4.35. The molecule has 0 radical (unpaired) electrons. The monoisotopic (exact) mass is 507 g/mol. The molecule has 0 aliphatic carbocycles. The number of aryl methyl sites for hydroxylation is 1. The standard InChI is InChI=1S/C37H33NO/c38-26-27-11-13-28(14-12-27)29-19-22-34(23-20-29)39-25-6-4-2-1-3-5-8-30-15-16-33-18-17-31-9-7-10-32-21-24-35(30)37(33)36(31)32/h7,9-24H,1-6,8,25H2. The van der Waals surface area contributed by atoms with Gasteiger partial charge in [-0.25, -0.2) is 0 Å². The second-order valence-electron chi connectivity index (χ2n) is 10.5. The van der Waals surface area contributed by atoms with Crippen LogP contribution in [0.25, 0.3) is 43.4 Å². The Kier molecular flexibility index (Phi) is 7.41. The van der Waals surface area contributed by atoms with Gasteiger partial charge in [0, 0.05) is 0 Å². The first-order valence-corrected chi connectivity index (χ1v) is 14.2. The van der Waals surface area contributed by atoms with Crippen molar-refractivity contribution in [1.82, 2.24) is 0 Å². The average molecular weight is 508 g/mol. The van der Waals surface area contributed by atoms with E-state index in [9.17, 15) is 0 Å². The highest BCUT2D eigenvalue weighted by Gasteiger charge is 2.10. The van der Waals surface area contributed by atoms with E-state index < -0.39 is 0 Å². The molecule has 0 unspecified atom stereocenters. The summed E-state index contributed by atoms with van der Waals surface area (Å²) in [4.78, 5) is 0. The van der Waals surface area contributed by atoms with Crippen LogP contribution in [0.15, 0.2) is 103 Å². The van der Waals surface area contributed by atoms with Crippen LogP contribution in [-0.4, -0.2) is 6.61 Å². The van der Waals surface area contributed by atoms with E-state index >= 15 is 0 Å². The van der Waals surface area contributed by atoms with E-state index in [0.29, 0.717) is 5.56 Å². The van der Waals surface area contributed by atoms with Crippen LogP contribution >= 0.6 is 0 Å². The number of nitriles is 1. The molecule has 0 heterocycles. The summed E-state index contributed by atoms with van der Waals surface area (Å²) >= 11 is 0. The first kappa shape index (κ1) is 25.0. The maximum atomic E-state index is 8.96. The van der Waals surface area contributed by atoms with E-state index in [4.69, 9.17) is 10.00 Å². The van der Waals surface area contributed by atoms with Crippen molar-refractivity contribution in [3.63, 3.8) is 0 Å². The van der Waals surface area contributed by atoms with Gasteiger partial charge in [0.15, 0.2) is 0 Å². The highest BCUT2D eigenvalue weighted by molar-refractivity contribution is 6.23. The molecule has 192 valence electrons. The Morgan fingerprint density at radius 3 is 1.85 bits per heavy atom. The zero-order valence-corrected chi connectivity index (χ0v) is 22.3. The van der Waals surface area contributed by atoms with E-state index in [1.807, 2.05) is 36.4 Å². The second-order valence-corrected chi connectivity index (χ2v) is 10.5. The second kappa shape index (κ2) is 11.6. The number of benzene rings is 6. The SMILES string of the molecule is N#Cc1ccc(-c2ccc(OCCCCCCCCc3ccc4ccc5cccc6ccc3c4c56)cc2)cc1. The molecule has 0 fully saturated rings. The van der Waals surface area contributed by atoms with Crippen molar-refractivity contribution in [3.05, 3.63) is 114 Å². The normalized spacial score (nSPS) is 11.4. The maximum absolute atomic E-state index is 8.96. The van der Waals surface area contributed by atoms with Gasteiger partial charge in [-0.3, -0.25) is 0 Å². The summed E-state index contributed by atoms with van der Waals surface area (Å²) < 4.78 is 5.97. The maximum Gasteiger partial charge on any atom is 0.119 e. The number of unbranched alkanes of at least 4 members (excludes halogenated alkanes) is 5. The Morgan fingerprint density at radius 1 is 0.538 bits per heavy atom. The molecule has 39 heavy (non-hydrogen) atoms. The largest absolute Gasteiger partial charge is 0.494 e. The van der Waals surface area contributed by atoms with E-state index in [0.717, 1.165) is 36.3 Å². The molecule has 2 nitrogen and oxygen atoms in total. The van der Waals surface area contributed by atoms with Crippen molar-refractivity contribution in [2.75, 3.05) is 6.61 Å². The summed E-state index contributed by atoms with van der Waals surface area (Å²) in [5.74, 6) is 0.917. The first-order valence-electron chi connectivity index (χ1n) is 14.2. The fourth-order valence-electron chi connectivity index (χ4n) is 5.81. The highest BCUT2D eigenvalue weighted by atomic mass is 16.5. The lowest BCUT2D eigenvalue weighted by atomic mass is 9.90. The predicted molar refractivity (Wildman–Crippen MR) is 164 cm³/mol. The van der Waals surface area contributed by atoms with E-state index in [2.05, 4.69) is 72.8 Å². The highest BCUT2D eigenvalue weighted by Crippen LogP contribution is 2.36. The molecule has 0 saturated carbocycles. The number of rotatable bonds is 11. The molecular weight excluding hydrogens is 474 g/mol. The van der Waals surface area contributed by atoms with Gasteiger partial charge >= 0.3 is 0 Å². The van der Waals surface area contributed by atoms with Crippen molar-refractivity contribution in [3.8, 4) is 22.9 Å². The number of nitrogens with zero attached hydrogens (tertiary/aromatic N) is 1. The zero-order valence-electron chi connectivity index (χ0n) is 22.3. The van der Waals surface area contributed by atoms with Crippen LogP contribution in [0.5, 0.6) is 5.75 Å². The topological polar surface area (TPSA) is 33.0 Å². The summed E-state index contributed by atoms with van der Waals surface area (Å²) in [5.41, 5.74) is 4.41. The van der Waals surface area contributed by atoms with Crippen LogP contribution in [0, 0.1) is 11.3 Å². The van der Waals surface area contributed by atoms with Gasteiger partial charge in [0.1, 0.15) is 5.75 Å². The van der Waals surface area contributed by atoms with Crippen LogP contribution in [0.1, 0.15) is 49.7 Å². The molecular formula is C37H33NO. The molecule has 2 heteroatoms. The lowest BCUT2D eigenvalue weighted by molar-refractivity contribution is 0.304. The third-order valence-corrected chi connectivity index (χ3v) is 7.93. The van der Waals surface area contributed by atoms with Crippen molar-refractivity contribution in [2.24, 2.45) is 0 Å². The number of hydrogen-bond acceptors (Lipinski definition) is 2. The molecule has 0 aliphatic heterocycles. The summed E-state index contributed by atoms with van der Waals surface area (Å²) in [6.07, 6.45) is 8.51. The van der Waals surface area contributed by atoms with Gasteiger partial charge in [0.2, 0.25) is 0 Å².